The van der Waals surface area contributed by atoms with Gasteiger partial charge in [0.25, 0.3) is 0 Å². The van der Waals surface area contributed by atoms with Gasteiger partial charge in [-0.25, -0.2) is 0 Å². The zero-order valence-electron chi connectivity index (χ0n) is 5.78. The van der Waals surface area contributed by atoms with Crippen LogP contribution in [0, 0.1) is 0 Å². The molecule has 0 rings (SSSR count). The van der Waals surface area contributed by atoms with Crippen LogP contribution in [0.3, 0.4) is 0 Å². The molecule has 0 radical (unpaired) electrons. The second kappa shape index (κ2) is 6.70. The first-order chi connectivity index (χ1) is 3.91. The molecular formula is C7H15N. The standard InChI is InChI=1S/C7H15N/c1-3-4-5-6-7-8-2/h4-5,8H,3,6-7H2,1-2H3/b5-4-. The summed E-state index contributed by atoms with van der Waals surface area (Å²) in [6.45, 7) is 3.24. The maximum absolute atomic E-state index is 3.08. The first kappa shape index (κ1) is 7.70. The van der Waals surface area contributed by atoms with Crippen LogP contribution in [0.5, 0.6) is 0 Å². The van der Waals surface area contributed by atoms with Crippen LogP contribution in [0.25, 0.3) is 0 Å². The lowest BCUT2D eigenvalue weighted by Crippen LogP contribution is -2.05. The van der Waals surface area contributed by atoms with Crippen molar-refractivity contribution in [3.05, 3.63) is 12.2 Å². The van der Waals surface area contributed by atoms with Gasteiger partial charge in [0.1, 0.15) is 0 Å². The van der Waals surface area contributed by atoms with Crippen molar-refractivity contribution >= 4 is 0 Å². The first-order valence-electron chi connectivity index (χ1n) is 3.21. The van der Waals surface area contributed by atoms with Crippen molar-refractivity contribution in [2.45, 2.75) is 19.8 Å². The predicted molar refractivity (Wildman–Crippen MR) is 38.0 cm³/mol. The molecule has 8 heavy (non-hydrogen) atoms. The molecule has 0 aliphatic heterocycles. The van der Waals surface area contributed by atoms with Crippen LogP contribution >= 0.6 is 0 Å². The average Bonchev–Trinajstić information content (AvgIpc) is 1.81. The van der Waals surface area contributed by atoms with E-state index in [0.717, 1.165) is 19.4 Å². The van der Waals surface area contributed by atoms with Crippen molar-refractivity contribution in [3.63, 3.8) is 0 Å². The summed E-state index contributed by atoms with van der Waals surface area (Å²) in [6.07, 6.45) is 6.71. The summed E-state index contributed by atoms with van der Waals surface area (Å²) in [6, 6.07) is 0. The number of nitrogens with one attached hydrogen (secondary N) is 1. The smallest absolute Gasteiger partial charge is 0.00173 e. The largest absolute Gasteiger partial charge is 0.319 e. The molecule has 0 fully saturated rings. The van der Waals surface area contributed by atoms with Gasteiger partial charge in [-0.1, -0.05) is 19.1 Å². The third-order valence-corrected chi connectivity index (χ3v) is 0.963. The minimum atomic E-state index is 1.09. The number of hydrogen-bond donors (Lipinski definition) is 1. The minimum absolute atomic E-state index is 1.09. The molecule has 0 spiro atoms. The third-order valence-electron chi connectivity index (χ3n) is 0.963. The van der Waals surface area contributed by atoms with Crippen LogP contribution in [0.2, 0.25) is 0 Å². The fourth-order valence-electron chi connectivity index (χ4n) is 0.512. The lowest BCUT2D eigenvalue weighted by Gasteiger charge is -1.88. The highest BCUT2D eigenvalue weighted by Crippen LogP contribution is 1.82. The molecule has 0 aromatic carbocycles. The number of hydrogen-bond acceptors (Lipinski definition) is 1. The lowest BCUT2D eigenvalue weighted by atomic mass is 10.3. The molecule has 0 saturated carbocycles. The minimum Gasteiger partial charge on any atom is -0.319 e. The van der Waals surface area contributed by atoms with Gasteiger partial charge in [-0.15, -0.1) is 0 Å². The van der Waals surface area contributed by atoms with Gasteiger partial charge in [-0.3, -0.25) is 0 Å². The van der Waals surface area contributed by atoms with Gasteiger partial charge in [0.2, 0.25) is 0 Å². The van der Waals surface area contributed by atoms with E-state index in [2.05, 4.69) is 24.4 Å². The Balaban J connectivity index is 2.80. The molecule has 0 bridgehead atoms. The maximum atomic E-state index is 3.08. The van der Waals surface area contributed by atoms with Crippen molar-refractivity contribution < 1.29 is 0 Å². The highest BCUT2D eigenvalue weighted by molar-refractivity contribution is 4.80. The summed E-state index contributed by atoms with van der Waals surface area (Å²) < 4.78 is 0. The number of allylic oxidation sites excluding steroid dienone is 1. The second-order valence-corrected chi connectivity index (χ2v) is 1.77. The fourth-order valence-corrected chi connectivity index (χ4v) is 0.512. The summed E-state index contributed by atoms with van der Waals surface area (Å²) in [5.74, 6) is 0. The van der Waals surface area contributed by atoms with Crippen LogP contribution in [-0.4, -0.2) is 13.6 Å². The first-order valence-corrected chi connectivity index (χ1v) is 3.21. The topological polar surface area (TPSA) is 12.0 Å². The SMILES string of the molecule is CC/C=C\CCNC. The van der Waals surface area contributed by atoms with Crippen LogP contribution in [0.15, 0.2) is 12.2 Å². The Bertz CT molecular complexity index is 57.4. The molecule has 1 N–H and O–H groups in total. The molecule has 0 amide bonds. The van der Waals surface area contributed by atoms with Crippen molar-refractivity contribution in [2.24, 2.45) is 0 Å². The van der Waals surface area contributed by atoms with Gasteiger partial charge in [0.15, 0.2) is 0 Å². The summed E-state index contributed by atoms with van der Waals surface area (Å²) in [7, 11) is 1.97. The normalized spacial score (nSPS) is 10.8. The fraction of sp³-hybridized carbons (Fsp3) is 0.714. The van der Waals surface area contributed by atoms with Crippen molar-refractivity contribution in [3.8, 4) is 0 Å². The molecule has 0 atom stereocenters. The Morgan fingerprint density at radius 1 is 1.38 bits per heavy atom. The van der Waals surface area contributed by atoms with Crippen LogP contribution < -0.4 is 5.32 Å². The van der Waals surface area contributed by atoms with E-state index in [1.165, 1.54) is 0 Å². The third kappa shape index (κ3) is 5.70. The zero-order valence-corrected chi connectivity index (χ0v) is 5.78. The van der Waals surface area contributed by atoms with E-state index in [-0.39, 0.29) is 0 Å². The maximum Gasteiger partial charge on any atom is -0.00173 e. The zero-order chi connectivity index (χ0) is 6.24. The van der Waals surface area contributed by atoms with Crippen molar-refractivity contribution in [1.29, 1.82) is 0 Å². The van der Waals surface area contributed by atoms with Crippen LogP contribution in [-0.2, 0) is 0 Å². The highest BCUT2D eigenvalue weighted by atomic mass is 14.8. The van der Waals surface area contributed by atoms with Crippen LogP contribution in [0.4, 0.5) is 0 Å². The van der Waals surface area contributed by atoms with Gasteiger partial charge in [-0.2, -0.15) is 0 Å². The molecular weight excluding hydrogens is 98.1 g/mol. The molecule has 48 valence electrons. The average molecular weight is 113 g/mol. The molecule has 0 saturated heterocycles. The highest BCUT2D eigenvalue weighted by Gasteiger charge is 1.72. The molecule has 0 aromatic rings. The van der Waals surface area contributed by atoms with E-state index in [0.29, 0.717) is 0 Å². The van der Waals surface area contributed by atoms with Crippen molar-refractivity contribution in [2.75, 3.05) is 13.6 Å². The van der Waals surface area contributed by atoms with E-state index in [4.69, 9.17) is 0 Å². The molecule has 0 aromatic heterocycles. The van der Waals surface area contributed by atoms with E-state index < -0.39 is 0 Å². The van der Waals surface area contributed by atoms with Gasteiger partial charge in [0.05, 0.1) is 0 Å². The molecule has 0 heterocycles. The summed E-state index contributed by atoms with van der Waals surface area (Å²) in [5.41, 5.74) is 0. The molecule has 0 unspecified atom stereocenters. The molecule has 1 nitrogen and oxygen atoms in total. The lowest BCUT2D eigenvalue weighted by molar-refractivity contribution is 0.806. The van der Waals surface area contributed by atoms with Crippen molar-refractivity contribution in [1.82, 2.24) is 5.32 Å². The molecule has 1 heteroatoms. The quantitative estimate of drug-likeness (QED) is 0.431. The van der Waals surface area contributed by atoms with E-state index >= 15 is 0 Å². The second-order valence-electron chi connectivity index (χ2n) is 1.77. The van der Waals surface area contributed by atoms with Gasteiger partial charge in [0, 0.05) is 0 Å². The van der Waals surface area contributed by atoms with E-state index in [1.807, 2.05) is 7.05 Å². The van der Waals surface area contributed by atoms with E-state index in [9.17, 15) is 0 Å². The Labute approximate surface area is 51.8 Å². The predicted octanol–water partition coefficient (Wildman–Crippen LogP) is 1.56. The Kier molecular flexibility index (Phi) is 6.45. The Hall–Kier alpha value is -0.300. The van der Waals surface area contributed by atoms with Gasteiger partial charge in [-0.05, 0) is 26.4 Å². The molecule has 0 aliphatic carbocycles. The summed E-state index contributed by atoms with van der Waals surface area (Å²) in [4.78, 5) is 0. The Morgan fingerprint density at radius 3 is 2.62 bits per heavy atom. The number of rotatable bonds is 4. The summed E-state index contributed by atoms with van der Waals surface area (Å²) >= 11 is 0. The van der Waals surface area contributed by atoms with E-state index in [1.54, 1.807) is 0 Å². The van der Waals surface area contributed by atoms with Gasteiger partial charge < -0.3 is 5.32 Å². The van der Waals surface area contributed by atoms with Crippen LogP contribution in [0.1, 0.15) is 19.8 Å². The Morgan fingerprint density at radius 2 is 2.12 bits per heavy atom. The molecule has 0 aliphatic rings. The van der Waals surface area contributed by atoms with Gasteiger partial charge >= 0.3 is 0 Å². The summed E-state index contributed by atoms with van der Waals surface area (Å²) in [5, 5.41) is 3.08. The monoisotopic (exact) mass is 113 g/mol.